The number of sulfone groups is 1. The quantitative estimate of drug-likeness (QED) is 0.407. The molecule has 1 aromatic heterocycles. The van der Waals surface area contributed by atoms with E-state index in [-0.39, 0.29) is 21.2 Å². The fourth-order valence-corrected chi connectivity index (χ4v) is 5.23. The number of nitrogens with one attached hydrogen (secondary N) is 1. The highest BCUT2D eigenvalue weighted by Crippen LogP contribution is 2.47. The van der Waals surface area contributed by atoms with Gasteiger partial charge in [0.25, 0.3) is 0 Å². The predicted octanol–water partition coefficient (Wildman–Crippen LogP) is 5.39. The van der Waals surface area contributed by atoms with Crippen LogP contribution in [-0.2, 0) is 16.3 Å². The van der Waals surface area contributed by atoms with E-state index in [1.807, 2.05) is 32.0 Å². The number of hydrogen-bond acceptors (Lipinski definition) is 5. The van der Waals surface area contributed by atoms with Crippen LogP contribution in [-0.4, -0.2) is 28.6 Å². The molecule has 1 heterocycles. The minimum Gasteiger partial charge on any atom is -0.507 e. The molecule has 3 aromatic rings. The molecule has 0 unspecified atom stereocenters. The lowest BCUT2D eigenvalue weighted by Gasteiger charge is -2.19. The molecule has 0 amide bonds. The number of nitrogens with zero attached hydrogens (tertiary/aromatic N) is 1. The van der Waals surface area contributed by atoms with E-state index in [2.05, 4.69) is 23.5 Å². The van der Waals surface area contributed by atoms with Gasteiger partial charge in [-0.3, -0.25) is 0 Å². The van der Waals surface area contributed by atoms with E-state index in [1.54, 1.807) is 0 Å². The summed E-state index contributed by atoms with van der Waals surface area (Å²) in [6.45, 7) is 9.75. The van der Waals surface area contributed by atoms with Crippen molar-refractivity contribution in [1.82, 2.24) is 9.97 Å². The maximum absolute atomic E-state index is 13.4. The van der Waals surface area contributed by atoms with Gasteiger partial charge in [-0.15, -0.1) is 0 Å². The molecule has 0 aliphatic carbocycles. The first-order chi connectivity index (χ1) is 14.7. The summed E-state index contributed by atoms with van der Waals surface area (Å²) in [5.41, 5.74) is 3.36. The largest absolute Gasteiger partial charge is 0.507 e. The highest BCUT2D eigenvalue weighted by atomic mass is 32.2. The van der Waals surface area contributed by atoms with E-state index in [0.717, 1.165) is 36.0 Å². The Morgan fingerprint density at radius 1 is 1.19 bits per heavy atom. The lowest BCUT2D eigenvalue weighted by Crippen LogP contribution is -2.08. The number of phenolic OH excluding ortho intramolecular Hbond substituents is 2. The second-order valence-corrected chi connectivity index (χ2v) is 9.67. The van der Waals surface area contributed by atoms with E-state index in [4.69, 9.17) is 0 Å². The molecule has 3 rings (SSSR count). The van der Waals surface area contributed by atoms with Crippen molar-refractivity contribution < 1.29 is 18.6 Å². The minimum atomic E-state index is -4.09. The summed E-state index contributed by atoms with van der Waals surface area (Å²) in [5.74, 6) is -0.630. The van der Waals surface area contributed by atoms with Crippen LogP contribution in [0.25, 0.3) is 16.7 Å². The van der Waals surface area contributed by atoms with Gasteiger partial charge in [-0.2, -0.15) is 0 Å². The highest BCUT2D eigenvalue weighted by molar-refractivity contribution is 7.91. The smallest absolute Gasteiger partial charge is 0.227 e. The zero-order chi connectivity index (χ0) is 22.8. The van der Waals surface area contributed by atoms with Gasteiger partial charge in [-0.1, -0.05) is 55.7 Å². The fraction of sp³-hybridized carbons (Fsp3) is 0.292. The molecule has 164 valence electrons. The number of aromatic nitrogens is 2. The summed E-state index contributed by atoms with van der Waals surface area (Å²) in [6, 6.07) is 7.02. The first-order valence-corrected chi connectivity index (χ1v) is 11.7. The Labute approximate surface area is 183 Å². The van der Waals surface area contributed by atoms with Crippen LogP contribution in [0.4, 0.5) is 0 Å². The monoisotopic (exact) mass is 440 g/mol. The number of unbranched alkanes of at least 4 members (excludes halogenated alkanes) is 2. The van der Waals surface area contributed by atoms with Crippen LogP contribution in [0.1, 0.15) is 49.8 Å². The van der Waals surface area contributed by atoms with Crippen LogP contribution >= 0.6 is 0 Å². The van der Waals surface area contributed by atoms with Gasteiger partial charge in [0.15, 0.2) is 5.03 Å². The Morgan fingerprint density at radius 2 is 1.94 bits per heavy atom. The molecule has 0 bridgehead atoms. The zero-order valence-corrected chi connectivity index (χ0v) is 18.9. The normalized spacial score (nSPS) is 11.6. The van der Waals surface area contributed by atoms with Gasteiger partial charge >= 0.3 is 0 Å². The van der Waals surface area contributed by atoms with Crippen molar-refractivity contribution in [3.05, 3.63) is 60.1 Å². The number of phenols is 2. The zero-order valence-electron chi connectivity index (χ0n) is 18.1. The molecule has 0 aliphatic heterocycles. The van der Waals surface area contributed by atoms with Crippen LogP contribution in [0.2, 0.25) is 0 Å². The topological polar surface area (TPSA) is 103 Å². The summed E-state index contributed by atoms with van der Waals surface area (Å²) in [7, 11) is -4.09. The van der Waals surface area contributed by atoms with E-state index in [0.29, 0.717) is 17.5 Å². The van der Waals surface area contributed by atoms with Gasteiger partial charge in [0.2, 0.25) is 9.84 Å². The molecule has 0 saturated heterocycles. The number of benzene rings is 2. The van der Waals surface area contributed by atoms with Crippen molar-refractivity contribution in [2.75, 3.05) is 0 Å². The third-order valence-corrected chi connectivity index (χ3v) is 7.09. The van der Waals surface area contributed by atoms with Crippen molar-refractivity contribution in [2.45, 2.75) is 56.4 Å². The summed E-state index contributed by atoms with van der Waals surface area (Å²) in [4.78, 5) is 6.24. The first kappa shape index (κ1) is 22.6. The van der Waals surface area contributed by atoms with E-state index in [9.17, 15) is 18.6 Å². The van der Waals surface area contributed by atoms with Gasteiger partial charge in [-0.05, 0) is 49.4 Å². The number of aryl methyl sites for hydroxylation is 2. The summed E-state index contributed by atoms with van der Waals surface area (Å²) < 4.78 is 26.8. The van der Waals surface area contributed by atoms with E-state index < -0.39 is 15.6 Å². The number of H-pyrrole nitrogens is 1. The second-order valence-electron chi connectivity index (χ2n) is 7.81. The first-order valence-electron chi connectivity index (χ1n) is 10.3. The van der Waals surface area contributed by atoms with Crippen LogP contribution in [0.15, 0.2) is 53.3 Å². The Hall–Kier alpha value is -3.06. The molecule has 0 saturated carbocycles. The molecule has 6 nitrogen and oxygen atoms in total. The van der Waals surface area contributed by atoms with Gasteiger partial charge in [0.1, 0.15) is 16.4 Å². The number of aromatic hydroxyl groups is 2. The maximum Gasteiger partial charge on any atom is 0.227 e. The molecule has 0 spiro atoms. The maximum atomic E-state index is 13.4. The standard InChI is InChI=1S/C24H28N2O4S/c1-5-6-7-8-17-12-20(27)22(19-11-16(4)9-10-18(19)15(2)3)23(28)24(17)31(29,30)21-13-25-14-26-21/h9-14,27-28H,2,5-8H2,1,3-4H3,(H,25,26). The van der Waals surface area contributed by atoms with Gasteiger partial charge < -0.3 is 15.2 Å². The average molecular weight is 441 g/mol. The number of aromatic amines is 1. The van der Waals surface area contributed by atoms with Crippen LogP contribution < -0.4 is 0 Å². The number of imidazole rings is 1. The summed E-state index contributed by atoms with van der Waals surface area (Å²) in [6.07, 6.45) is 5.51. The van der Waals surface area contributed by atoms with Gasteiger partial charge in [0.05, 0.1) is 18.1 Å². The van der Waals surface area contributed by atoms with Crippen molar-refractivity contribution in [3.63, 3.8) is 0 Å². The van der Waals surface area contributed by atoms with Crippen LogP contribution in [0.5, 0.6) is 11.5 Å². The van der Waals surface area contributed by atoms with Crippen LogP contribution in [0.3, 0.4) is 0 Å². The Morgan fingerprint density at radius 3 is 2.55 bits per heavy atom. The lowest BCUT2D eigenvalue weighted by molar-refractivity contribution is 0.440. The van der Waals surface area contributed by atoms with Crippen molar-refractivity contribution >= 4 is 15.4 Å². The second kappa shape index (κ2) is 8.98. The average Bonchev–Trinajstić information content (AvgIpc) is 3.23. The van der Waals surface area contributed by atoms with Gasteiger partial charge in [-0.25, -0.2) is 13.4 Å². The summed E-state index contributed by atoms with van der Waals surface area (Å²) >= 11 is 0. The van der Waals surface area contributed by atoms with Gasteiger partial charge in [0, 0.05) is 0 Å². The Balaban J connectivity index is 2.34. The number of hydrogen-bond donors (Lipinski definition) is 3. The van der Waals surface area contributed by atoms with Crippen LogP contribution in [0, 0.1) is 6.92 Å². The lowest BCUT2D eigenvalue weighted by atomic mass is 9.91. The Bertz CT molecular complexity index is 1210. The molecule has 0 atom stereocenters. The van der Waals surface area contributed by atoms with Crippen molar-refractivity contribution in [3.8, 4) is 22.6 Å². The summed E-state index contributed by atoms with van der Waals surface area (Å²) in [5, 5.41) is 22.1. The third-order valence-electron chi connectivity index (χ3n) is 5.30. The molecule has 31 heavy (non-hydrogen) atoms. The van der Waals surface area contributed by atoms with Crippen molar-refractivity contribution in [2.24, 2.45) is 0 Å². The Kier molecular flexibility index (Phi) is 6.55. The van der Waals surface area contributed by atoms with Crippen molar-refractivity contribution in [1.29, 1.82) is 0 Å². The minimum absolute atomic E-state index is 0.0824. The molecule has 3 N–H and O–H groups in total. The number of rotatable bonds is 8. The van der Waals surface area contributed by atoms with E-state index in [1.165, 1.54) is 18.6 Å². The molecular formula is C24H28N2O4S. The molecule has 0 radical (unpaired) electrons. The fourth-order valence-electron chi connectivity index (χ4n) is 3.74. The molecule has 2 aromatic carbocycles. The number of allylic oxidation sites excluding steroid dienone is 1. The van der Waals surface area contributed by atoms with E-state index >= 15 is 0 Å². The molecule has 0 fully saturated rings. The SMILES string of the molecule is C=C(C)c1ccc(C)cc1-c1c(O)cc(CCCCC)c(S(=O)(=O)c2cnc[nH]2)c1O. The predicted molar refractivity (Wildman–Crippen MR) is 122 cm³/mol. The molecule has 7 heteroatoms. The highest BCUT2D eigenvalue weighted by Gasteiger charge is 2.31. The molecular weight excluding hydrogens is 412 g/mol. The third kappa shape index (κ3) is 4.37. The molecule has 0 aliphatic rings.